The minimum atomic E-state index is -0.142. The van der Waals surface area contributed by atoms with E-state index in [1.165, 1.54) is 6.07 Å². The van der Waals surface area contributed by atoms with E-state index in [1.54, 1.807) is 12.1 Å². The maximum atomic E-state index is 9.58. The van der Waals surface area contributed by atoms with Crippen molar-refractivity contribution in [3.8, 4) is 11.5 Å². The second kappa shape index (κ2) is 7.36. The van der Waals surface area contributed by atoms with E-state index in [1.807, 2.05) is 0 Å². The fourth-order valence-corrected chi connectivity index (χ4v) is 1.62. The SMILES string of the molecule is CCCCC[C@H](N)c1ccc(O)cc1O.Cl. The fraction of sp³-hybridized carbons (Fsp3) is 0.500. The van der Waals surface area contributed by atoms with Gasteiger partial charge in [-0.2, -0.15) is 0 Å². The first-order valence-electron chi connectivity index (χ1n) is 5.42. The second-order valence-electron chi connectivity index (χ2n) is 3.85. The molecule has 1 aromatic rings. The molecule has 4 heteroatoms. The molecule has 0 aromatic heterocycles. The Kier molecular flexibility index (Phi) is 6.93. The molecule has 3 nitrogen and oxygen atoms in total. The molecule has 0 unspecified atom stereocenters. The van der Waals surface area contributed by atoms with Gasteiger partial charge in [0.25, 0.3) is 0 Å². The smallest absolute Gasteiger partial charge is 0.124 e. The van der Waals surface area contributed by atoms with Crippen molar-refractivity contribution in [1.82, 2.24) is 0 Å². The van der Waals surface area contributed by atoms with E-state index in [2.05, 4.69) is 6.92 Å². The molecule has 4 N–H and O–H groups in total. The van der Waals surface area contributed by atoms with E-state index in [-0.39, 0.29) is 29.9 Å². The summed E-state index contributed by atoms with van der Waals surface area (Å²) in [5.74, 6) is 0.149. The van der Waals surface area contributed by atoms with Crippen LogP contribution in [0.25, 0.3) is 0 Å². The van der Waals surface area contributed by atoms with Crippen molar-refractivity contribution in [2.45, 2.75) is 38.6 Å². The fourth-order valence-electron chi connectivity index (χ4n) is 1.62. The lowest BCUT2D eigenvalue weighted by Crippen LogP contribution is -2.10. The van der Waals surface area contributed by atoms with Crippen LogP contribution in [0.15, 0.2) is 18.2 Å². The van der Waals surface area contributed by atoms with Crippen molar-refractivity contribution in [2.75, 3.05) is 0 Å². The molecule has 0 radical (unpaired) electrons. The van der Waals surface area contributed by atoms with Crippen LogP contribution in [-0.4, -0.2) is 10.2 Å². The highest BCUT2D eigenvalue weighted by Gasteiger charge is 2.10. The Hall–Kier alpha value is -0.930. The summed E-state index contributed by atoms with van der Waals surface area (Å²) in [4.78, 5) is 0. The van der Waals surface area contributed by atoms with Gasteiger partial charge in [0.15, 0.2) is 0 Å². The zero-order valence-corrected chi connectivity index (χ0v) is 10.3. The summed E-state index contributed by atoms with van der Waals surface area (Å²) in [7, 11) is 0. The van der Waals surface area contributed by atoms with E-state index in [0.29, 0.717) is 5.56 Å². The average Bonchev–Trinajstić information content (AvgIpc) is 2.17. The largest absolute Gasteiger partial charge is 0.508 e. The summed E-state index contributed by atoms with van der Waals surface area (Å²) >= 11 is 0. The van der Waals surface area contributed by atoms with Gasteiger partial charge in [0.2, 0.25) is 0 Å². The minimum absolute atomic E-state index is 0. The van der Waals surface area contributed by atoms with Crippen molar-refractivity contribution in [3.05, 3.63) is 23.8 Å². The molecular formula is C12H20ClNO2. The molecule has 92 valence electrons. The molecule has 16 heavy (non-hydrogen) atoms. The lowest BCUT2D eigenvalue weighted by Gasteiger charge is -2.13. The molecule has 0 saturated heterocycles. The van der Waals surface area contributed by atoms with Gasteiger partial charge in [-0.15, -0.1) is 12.4 Å². The van der Waals surface area contributed by atoms with Crippen LogP contribution < -0.4 is 5.73 Å². The molecule has 0 aliphatic heterocycles. The Morgan fingerprint density at radius 3 is 2.50 bits per heavy atom. The van der Waals surface area contributed by atoms with Crippen LogP contribution in [0.1, 0.15) is 44.2 Å². The van der Waals surface area contributed by atoms with Gasteiger partial charge in [0.1, 0.15) is 11.5 Å². The summed E-state index contributed by atoms with van der Waals surface area (Å²) in [6.07, 6.45) is 4.25. The normalized spacial score (nSPS) is 11.9. The molecule has 0 aliphatic carbocycles. The third kappa shape index (κ3) is 4.29. The van der Waals surface area contributed by atoms with E-state index < -0.39 is 0 Å². The predicted molar refractivity (Wildman–Crippen MR) is 68.1 cm³/mol. The summed E-state index contributed by atoms with van der Waals surface area (Å²) in [5, 5.41) is 18.7. The first-order valence-corrected chi connectivity index (χ1v) is 5.42. The van der Waals surface area contributed by atoms with E-state index in [4.69, 9.17) is 10.8 Å². The van der Waals surface area contributed by atoms with Gasteiger partial charge in [-0.05, 0) is 12.5 Å². The van der Waals surface area contributed by atoms with Crippen LogP contribution >= 0.6 is 12.4 Å². The number of phenolic OH excluding ortho intramolecular Hbond substituents is 2. The summed E-state index contributed by atoms with van der Waals surface area (Å²) in [5.41, 5.74) is 6.66. The molecule has 0 fully saturated rings. The van der Waals surface area contributed by atoms with Gasteiger partial charge < -0.3 is 15.9 Å². The number of hydrogen-bond donors (Lipinski definition) is 3. The van der Waals surface area contributed by atoms with Crippen LogP contribution in [0, 0.1) is 0 Å². The van der Waals surface area contributed by atoms with Gasteiger partial charge in [-0.3, -0.25) is 0 Å². The Labute approximate surface area is 103 Å². The maximum absolute atomic E-state index is 9.58. The van der Waals surface area contributed by atoms with Crippen LogP contribution in [0.3, 0.4) is 0 Å². The molecule has 1 atom stereocenters. The van der Waals surface area contributed by atoms with Crippen molar-refractivity contribution in [3.63, 3.8) is 0 Å². The number of nitrogens with two attached hydrogens (primary N) is 1. The lowest BCUT2D eigenvalue weighted by atomic mass is 10.0. The van der Waals surface area contributed by atoms with Crippen molar-refractivity contribution in [1.29, 1.82) is 0 Å². The summed E-state index contributed by atoms with van der Waals surface area (Å²) in [6.45, 7) is 2.14. The van der Waals surface area contributed by atoms with Crippen LogP contribution in [0.2, 0.25) is 0 Å². The first kappa shape index (κ1) is 15.1. The molecule has 1 aromatic carbocycles. The molecule has 0 amide bonds. The molecule has 0 bridgehead atoms. The monoisotopic (exact) mass is 245 g/mol. The van der Waals surface area contributed by atoms with Crippen LogP contribution in [-0.2, 0) is 0 Å². The van der Waals surface area contributed by atoms with E-state index in [9.17, 15) is 5.11 Å². The van der Waals surface area contributed by atoms with Crippen molar-refractivity contribution in [2.24, 2.45) is 5.73 Å². The summed E-state index contributed by atoms with van der Waals surface area (Å²) in [6, 6.07) is 4.42. The third-order valence-corrected chi connectivity index (χ3v) is 2.53. The maximum Gasteiger partial charge on any atom is 0.124 e. The number of hydrogen-bond acceptors (Lipinski definition) is 3. The van der Waals surface area contributed by atoms with Gasteiger partial charge in [-0.1, -0.05) is 32.3 Å². The Morgan fingerprint density at radius 1 is 1.25 bits per heavy atom. The zero-order valence-electron chi connectivity index (χ0n) is 9.52. The number of halogens is 1. The molecule has 0 saturated carbocycles. The standard InChI is InChI=1S/C12H19NO2.ClH/c1-2-3-4-5-11(13)10-7-6-9(14)8-12(10)15;/h6-8,11,14-15H,2-5,13H2,1H3;1H/t11-;/m0./s1. The minimum Gasteiger partial charge on any atom is -0.508 e. The number of aromatic hydroxyl groups is 2. The predicted octanol–water partition coefficient (Wildman–Crippen LogP) is 3.10. The third-order valence-electron chi connectivity index (χ3n) is 2.53. The quantitative estimate of drug-likeness (QED) is 0.699. The number of unbranched alkanes of at least 4 members (excludes halogenated alkanes) is 2. The Bertz CT molecular complexity index is 318. The van der Waals surface area contributed by atoms with E-state index >= 15 is 0 Å². The Balaban J connectivity index is 0.00000225. The number of rotatable bonds is 5. The van der Waals surface area contributed by atoms with Crippen LogP contribution in [0.5, 0.6) is 11.5 Å². The van der Waals surface area contributed by atoms with Gasteiger partial charge >= 0.3 is 0 Å². The lowest BCUT2D eigenvalue weighted by molar-refractivity contribution is 0.438. The van der Waals surface area contributed by atoms with E-state index in [0.717, 1.165) is 25.7 Å². The Morgan fingerprint density at radius 2 is 1.94 bits per heavy atom. The number of benzene rings is 1. The van der Waals surface area contributed by atoms with Gasteiger partial charge in [-0.25, -0.2) is 0 Å². The second-order valence-corrected chi connectivity index (χ2v) is 3.85. The zero-order chi connectivity index (χ0) is 11.3. The molecule has 1 rings (SSSR count). The van der Waals surface area contributed by atoms with Gasteiger partial charge in [0, 0.05) is 17.7 Å². The van der Waals surface area contributed by atoms with Crippen molar-refractivity contribution >= 4 is 12.4 Å². The average molecular weight is 246 g/mol. The van der Waals surface area contributed by atoms with Gasteiger partial charge in [0.05, 0.1) is 0 Å². The van der Waals surface area contributed by atoms with Crippen LogP contribution in [0.4, 0.5) is 0 Å². The van der Waals surface area contributed by atoms with Crippen molar-refractivity contribution < 1.29 is 10.2 Å². The number of phenols is 2. The highest BCUT2D eigenvalue weighted by Crippen LogP contribution is 2.29. The first-order chi connectivity index (χ1) is 7.15. The highest BCUT2D eigenvalue weighted by atomic mass is 35.5. The molecule has 0 heterocycles. The molecule has 0 aliphatic rings. The summed E-state index contributed by atoms with van der Waals surface area (Å²) < 4.78 is 0. The molecule has 0 spiro atoms. The molecular weight excluding hydrogens is 226 g/mol. The topological polar surface area (TPSA) is 66.5 Å². The highest BCUT2D eigenvalue weighted by molar-refractivity contribution is 5.85.